The molecule has 1 aromatic heterocycles. The van der Waals surface area contributed by atoms with Gasteiger partial charge in [0.05, 0.1) is 11.7 Å². The normalized spacial score (nSPS) is 30.6. The second kappa shape index (κ2) is 3.47. The summed E-state index contributed by atoms with van der Waals surface area (Å²) < 4.78 is 4.97. The number of hydrogen-bond donors (Lipinski definition) is 1. The molecule has 0 aromatic carbocycles. The number of nitrogens with zero attached hydrogens (tertiary/aromatic N) is 2. The Kier molecular flexibility index (Phi) is 2.33. The highest BCUT2D eigenvalue weighted by Crippen LogP contribution is 2.27. The molecule has 1 saturated heterocycles. The van der Waals surface area contributed by atoms with E-state index in [1.54, 1.807) is 6.26 Å². The Bertz CT molecular complexity index is 260. The Morgan fingerprint density at radius 3 is 3.08 bits per heavy atom. The third kappa shape index (κ3) is 1.73. The SMILES string of the molecule is CN1CC(N)CCC1c1cocn1. The van der Waals surface area contributed by atoms with Gasteiger partial charge >= 0.3 is 0 Å². The fourth-order valence-electron chi connectivity index (χ4n) is 1.94. The lowest BCUT2D eigenvalue weighted by molar-refractivity contribution is 0.166. The number of piperidine rings is 1. The Morgan fingerprint density at radius 1 is 1.62 bits per heavy atom. The average molecular weight is 181 g/mol. The van der Waals surface area contributed by atoms with E-state index in [4.69, 9.17) is 10.2 Å². The second-order valence-electron chi connectivity index (χ2n) is 3.71. The minimum Gasteiger partial charge on any atom is -0.451 e. The Hall–Kier alpha value is -0.870. The van der Waals surface area contributed by atoms with Gasteiger partial charge in [0.25, 0.3) is 0 Å². The van der Waals surface area contributed by atoms with Crippen LogP contribution >= 0.6 is 0 Å². The molecule has 72 valence electrons. The molecule has 0 radical (unpaired) electrons. The van der Waals surface area contributed by atoms with Gasteiger partial charge in [-0.1, -0.05) is 0 Å². The van der Waals surface area contributed by atoms with Gasteiger partial charge in [0.1, 0.15) is 6.26 Å². The van der Waals surface area contributed by atoms with Crippen molar-refractivity contribution >= 4 is 0 Å². The summed E-state index contributed by atoms with van der Waals surface area (Å²) >= 11 is 0. The molecule has 2 rings (SSSR count). The first-order valence-electron chi connectivity index (χ1n) is 4.61. The molecule has 0 bridgehead atoms. The van der Waals surface area contributed by atoms with Crippen LogP contribution in [0, 0.1) is 0 Å². The second-order valence-corrected chi connectivity index (χ2v) is 3.71. The maximum absolute atomic E-state index is 5.86. The van der Waals surface area contributed by atoms with Gasteiger partial charge in [0.15, 0.2) is 6.39 Å². The first kappa shape index (κ1) is 8.72. The van der Waals surface area contributed by atoms with Crippen molar-refractivity contribution in [3.63, 3.8) is 0 Å². The van der Waals surface area contributed by atoms with Gasteiger partial charge in [-0.3, -0.25) is 4.90 Å². The molecule has 13 heavy (non-hydrogen) atoms. The molecule has 4 nitrogen and oxygen atoms in total. The highest BCUT2D eigenvalue weighted by atomic mass is 16.3. The molecule has 0 spiro atoms. The Labute approximate surface area is 77.7 Å². The van der Waals surface area contributed by atoms with Gasteiger partial charge in [-0.2, -0.15) is 0 Å². The van der Waals surface area contributed by atoms with Crippen molar-refractivity contribution in [2.45, 2.75) is 24.9 Å². The lowest BCUT2D eigenvalue weighted by Crippen LogP contribution is -2.42. The molecule has 1 fully saturated rings. The van der Waals surface area contributed by atoms with Crippen LogP contribution in [-0.4, -0.2) is 29.5 Å². The minimum atomic E-state index is 0.313. The van der Waals surface area contributed by atoms with Crippen LogP contribution in [0.15, 0.2) is 17.1 Å². The summed E-state index contributed by atoms with van der Waals surface area (Å²) in [6.45, 7) is 0.942. The van der Waals surface area contributed by atoms with Gasteiger partial charge in [0, 0.05) is 12.6 Å². The summed E-state index contributed by atoms with van der Waals surface area (Å²) in [6, 6.07) is 0.701. The third-order valence-electron chi connectivity index (χ3n) is 2.66. The van der Waals surface area contributed by atoms with Crippen molar-refractivity contribution < 1.29 is 4.42 Å². The highest BCUT2D eigenvalue weighted by Gasteiger charge is 2.26. The Morgan fingerprint density at radius 2 is 2.46 bits per heavy atom. The number of likely N-dealkylation sites (N-methyl/N-ethyl adjacent to an activating group) is 1. The van der Waals surface area contributed by atoms with E-state index in [1.165, 1.54) is 6.39 Å². The molecule has 0 saturated carbocycles. The van der Waals surface area contributed by atoms with Gasteiger partial charge in [-0.15, -0.1) is 0 Å². The van der Waals surface area contributed by atoms with Crippen molar-refractivity contribution in [1.29, 1.82) is 0 Å². The molecule has 1 aliphatic rings. The fraction of sp³-hybridized carbons (Fsp3) is 0.667. The summed E-state index contributed by atoms with van der Waals surface area (Å²) in [4.78, 5) is 6.41. The van der Waals surface area contributed by atoms with Gasteiger partial charge in [-0.25, -0.2) is 4.98 Å². The van der Waals surface area contributed by atoms with Crippen LogP contribution in [0.1, 0.15) is 24.6 Å². The highest BCUT2D eigenvalue weighted by molar-refractivity contribution is 5.02. The Balaban J connectivity index is 2.08. The predicted octanol–water partition coefficient (Wildman–Crippen LogP) is 0.769. The summed E-state index contributed by atoms with van der Waals surface area (Å²) in [5, 5.41) is 0. The molecular formula is C9H15N3O. The predicted molar refractivity (Wildman–Crippen MR) is 49.1 cm³/mol. The van der Waals surface area contributed by atoms with E-state index in [0.717, 1.165) is 25.1 Å². The number of oxazole rings is 1. The van der Waals surface area contributed by atoms with Crippen LogP contribution in [0.2, 0.25) is 0 Å². The van der Waals surface area contributed by atoms with Crippen LogP contribution in [0.3, 0.4) is 0 Å². The largest absolute Gasteiger partial charge is 0.451 e. The molecule has 2 unspecified atom stereocenters. The van der Waals surface area contributed by atoms with Crippen molar-refractivity contribution in [3.8, 4) is 0 Å². The van der Waals surface area contributed by atoms with Crippen LogP contribution in [0.25, 0.3) is 0 Å². The standard InChI is InChI=1S/C9H15N3O/c1-12-4-7(10)2-3-9(12)8-5-13-6-11-8/h5-7,9H,2-4,10H2,1H3. The quantitative estimate of drug-likeness (QED) is 0.695. The smallest absolute Gasteiger partial charge is 0.180 e. The van der Waals surface area contributed by atoms with Crippen LogP contribution in [0.4, 0.5) is 0 Å². The molecule has 2 N–H and O–H groups in total. The van der Waals surface area contributed by atoms with Gasteiger partial charge < -0.3 is 10.2 Å². The summed E-state index contributed by atoms with van der Waals surface area (Å²) in [7, 11) is 2.08. The molecule has 2 atom stereocenters. The number of hydrogen-bond acceptors (Lipinski definition) is 4. The van der Waals surface area contributed by atoms with E-state index < -0.39 is 0 Å². The molecule has 1 aromatic rings. The summed E-state index contributed by atoms with van der Waals surface area (Å²) in [6.07, 6.45) is 5.35. The number of likely N-dealkylation sites (tertiary alicyclic amines) is 1. The molecule has 1 aliphatic heterocycles. The minimum absolute atomic E-state index is 0.313. The van der Waals surface area contributed by atoms with Crippen LogP contribution in [-0.2, 0) is 0 Å². The van der Waals surface area contributed by atoms with E-state index >= 15 is 0 Å². The zero-order chi connectivity index (χ0) is 9.26. The maximum atomic E-state index is 5.86. The average Bonchev–Trinajstić information content (AvgIpc) is 2.56. The number of aromatic nitrogens is 1. The molecule has 2 heterocycles. The fourth-order valence-corrected chi connectivity index (χ4v) is 1.94. The topological polar surface area (TPSA) is 55.3 Å². The van der Waals surface area contributed by atoms with Gasteiger partial charge in [-0.05, 0) is 19.9 Å². The molecule has 0 aliphatic carbocycles. The van der Waals surface area contributed by atoms with Crippen molar-refractivity contribution in [1.82, 2.24) is 9.88 Å². The molecular weight excluding hydrogens is 166 g/mol. The molecule has 0 amide bonds. The van der Waals surface area contributed by atoms with E-state index in [1.807, 2.05) is 0 Å². The summed E-state index contributed by atoms with van der Waals surface area (Å²) in [5.41, 5.74) is 6.88. The lowest BCUT2D eigenvalue weighted by atomic mass is 9.98. The molecule has 4 heteroatoms. The van der Waals surface area contributed by atoms with Crippen molar-refractivity contribution in [3.05, 3.63) is 18.4 Å². The third-order valence-corrected chi connectivity index (χ3v) is 2.66. The van der Waals surface area contributed by atoms with Crippen molar-refractivity contribution in [2.24, 2.45) is 5.73 Å². The maximum Gasteiger partial charge on any atom is 0.180 e. The zero-order valence-electron chi connectivity index (χ0n) is 7.81. The first-order chi connectivity index (χ1) is 6.27. The number of rotatable bonds is 1. The van der Waals surface area contributed by atoms with E-state index in [9.17, 15) is 0 Å². The van der Waals surface area contributed by atoms with Gasteiger partial charge in [0.2, 0.25) is 0 Å². The van der Waals surface area contributed by atoms with E-state index in [2.05, 4.69) is 16.9 Å². The lowest BCUT2D eigenvalue weighted by Gasteiger charge is -2.34. The summed E-state index contributed by atoms with van der Waals surface area (Å²) in [5.74, 6) is 0. The monoisotopic (exact) mass is 181 g/mol. The van der Waals surface area contributed by atoms with E-state index in [-0.39, 0.29) is 0 Å². The first-order valence-corrected chi connectivity index (χ1v) is 4.61. The zero-order valence-corrected chi connectivity index (χ0v) is 7.81. The van der Waals surface area contributed by atoms with Crippen LogP contribution < -0.4 is 5.73 Å². The number of nitrogens with two attached hydrogens (primary N) is 1. The van der Waals surface area contributed by atoms with Crippen LogP contribution in [0.5, 0.6) is 0 Å². The van der Waals surface area contributed by atoms with E-state index in [0.29, 0.717) is 12.1 Å². The van der Waals surface area contributed by atoms with Crippen molar-refractivity contribution in [2.75, 3.05) is 13.6 Å².